The summed E-state index contributed by atoms with van der Waals surface area (Å²) in [5.41, 5.74) is 3.53. The molecule has 0 amide bonds. The quantitative estimate of drug-likeness (QED) is 0.843. The fourth-order valence-electron chi connectivity index (χ4n) is 2.32. The van der Waals surface area contributed by atoms with Gasteiger partial charge in [-0.3, -0.25) is 4.79 Å². The van der Waals surface area contributed by atoms with Crippen LogP contribution in [0.15, 0.2) is 22.5 Å². The van der Waals surface area contributed by atoms with Gasteiger partial charge in [-0.2, -0.15) is 0 Å². The van der Waals surface area contributed by atoms with E-state index in [9.17, 15) is 4.79 Å². The molecule has 1 aliphatic heterocycles. The minimum Gasteiger partial charge on any atom is -0.465 e. The number of ether oxygens (including phenoxy) is 1. The summed E-state index contributed by atoms with van der Waals surface area (Å²) in [4.78, 5) is 11.5. The molecular formula is C15H17N3O2S2. The van der Waals surface area contributed by atoms with Gasteiger partial charge in [0.15, 0.2) is 4.34 Å². The molecule has 0 saturated carbocycles. The Balaban J connectivity index is 1.73. The van der Waals surface area contributed by atoms with E-state index in [0.29, 0.717) is 6.61 Å². The van der Waals surface area contributed by atoms with Crippen LogP contribution in [-0.2, 0) is 16.0 Å². The van der Waals surface area contributed by atoms with E-state index in [2.05, 4.69) is 47.6 Å². The average molecular weight is 335 g/mol. The zero-order chi connectivity index (χ0) is 15.5. The first-order chi connectivity index (χ1) is 10.7. The summed E-state index contributed by atoms with van der Waals surface area (Å²) in [6.07, 6.45) is 1.70. The molecule has 1 fully saturated rings. The Hall–Kier alpha value is -1.60. The summed E-state index contributed by atoms with van der Waals surface area (Å²) >= 11 is 2.90. The lowest BCUT2D eigenvalue weighted by Gasteiger charge is -2.11. The van der Waals surface area contributed by atoms with Gasteiger partial charge in [0.25, 0.3) is 0 Å². The van der Waals surface area contributed by atoms with Crippen molar-refractivity contribution in [3.63, 3.8) is 0 Å². The molecule has 7 heteroatoms. The van der Waals surface area contributed by atoms with Crippen LogP contribution >= 0.6 is 23.1 Å². The summed E-state index contributed by atoms with van der Waals surface area (Å²) in [5, 5.41) is 12.3. The Kier molecular flexibility index (Phi) is 4.63. The van der Waals surface area contributed by atoms with E-state index in [1.165, 1.54) is 34.2 Å². The molecule has 1 saturated heterocycles. The summed E-state index contributed by atoms with van der Waals surface area (Å²) < 4.78 is 5.76. The van der Waals surface area contributed by atoms with Crippen LogP contribution < -0.4 is 5.32 Å². The summed E-state index contributed by atoms with van der Waals surface area (Å²) in [6.45, 7) is 4.71. The minimum absolute atomic E-state index is 0.148. The molecule has 1 aromatic carbocycles. The van der Waals surface area contributed by atoms with Gasteiger partial charge in [0.2, 0.25) is 5.13 Å². The number of rotatable bonds is 5. The monoisotopic (exact) mass is 335 g/mol. The highest BCUT2D eigenvalue weighted by Gasteiger charge is 2.28. The van der Waals surface area contributed by atoms with Crippen molar-refractivity contribution in [2.24, 2.45) is 0 Å². The van der Waals surface area contributed by atoms with Crippen LogP contribution in [0, 0.1) is 6.92 Å². The highest BCUT2D eigenvalue weighted by molar-refractivity contribution is 8.02. The van der Waals surface area contributed by atoms with Crippen LogP contribution in [0.3, 0.4) is 0 Å². The summed E-state index contributed by atoms with van der Waals surface area (Å²) in [5.74, 6) is -0.151. The summed E-state index contributed by atoms with van der Waals surface area (Å²) in [6, 6.07) is 6.25. The number of cyclic esters (lactones) is 1. The van der Waals surface area contributed by atoms with Crippen molar-refractivity contribution >= 4 is 39.9 Å². The van der Waals surface area contributed by atoms with E-state index in [4.69, 9.17) is 4.74 Å². The second kappa shape index (κ2) is 6.66. The predicted octanol–water partition coefficient (Wildman–Crippen LogP) is 3.56. The lowest BCUT2D eigenvalue weighted by Crippen LogP contribution is -2.08. The van der Waals surface area contributed by atoms with E-state index in [0.717, 1.165) is 28.0 Å². The molecule has 116 valence electrons. The number of nitrogens with zero attached hydrogens (tertiary/aromatic N) is 2. The van der Waals surface area contributed by atoms with Gasteiger partial charge in [0, 0.05) is 12.1 Å². The predicted molar refractivity (Wildman–Crippen MR) is 89.0 cm³/mol. The Morgan fingerprint density at radius 1 is 1.45 bits per heavy atom. The maximum Gasteiger partial charge on any atom is 0.319 e. The van der Waals surface area contributed by atoms with Crippen molar-refractivity contribution in [3.05, 3.63) is 29.3 Å². The second-order valence-corrected chi connectivity index (χ2v) is 7.45. The van der Waals surface area contributed by atoms with E-state index in [1.54, 1.807) is 0 Å². The van der Waals surface area contributed by atoms with Crippen LogP contribution in [0.25, 0.3) is 0 Å². The maximum atomic E-state index is 11.5. The maximum absolute atomic E-state index is 11.5. The van der Waals surface area contributed by atoms with Crippen LogP contribution in [0.1, 0.15) is 24.5 Å². The molecule has 1 aliphatic rings. The molecule has 0 aliphatic carbocycles. The number of esters is 1. The lowest BCUT2D eigenvalue weighted by atomic mass is 10.1. The summed E-state index contributed by atoms with van der Waals surface area (Å²) in [7, 11) is 0. The first kappa shape index (κ1) is 15.3. The average Bonchev–Trinajstić information content (AvgIpc) is 3.11. The number of nitrogens with one attached hydrogen (secondary N) is 1. The number of thioether (sulfide) groups is 1. The molecule has 1 aromatic heterocycles. The first-order valence-corrected chi connectivity index (χ1v) is 8.89. The normalized spacial score (nSPS) is 17.5. The molecule has 0 bridgehead atoms. The van der Waals surface area contributed by atoms with Crippen LogP contribution in [0.2, 0.25) is 0 Å². The number of anilines is 2. The van der Waals surface area contributed by atoms with E-state index >= 15 is 0 Å². The van der Waals surface area contributed by atoms with Gasteiger partial charge in [-0.15, -0.1) is 10.2 Å². The Labute approximate surface area is 137 Å². The van der Waals surface area contributed by atoms with Crippen LogP contribution in [0.4, 0.5) is 10.8 Å². The number of carbonyl (C=O) groups excluding carboxylic acids is 1. The molecule has 2 heterocycles. The van der Waals surface area contributed by atoms with Gasteiger partial charge in [-0.25, -0.2) is 0 Å². The van der Waals surface area contributed by atoms with Crippen molar-refractivity contribution in [2.75, 3.05) is 11.9 Å². The molecule has 0 spiro atoms. The third-order valence-corrected chi connectivity index (χ3v) is 5.68. The highest BCUT2D eigenvalue weighted by atomic mass is 32.2. The zero-order valence-electron chi connectivity index (χ0n) is 12.5. The Morgan fingerprint density at radius 3 is 3.05 bits per heavy atom. The van der Waals surface area contributed by atoms with E-state index in [-0.39, 0.29) is 11.2 Å². The van der Waals surface area contributed by atoms with Crippen LogP contribution in [0.5, 0.6) is 0 Å². The van der Waals surface area contributed by atoms with Gasteiger partial charge >= 0.3 is 5.97 Å². The number of aromatic nitrogens is 2. The van der Waals surface area contributed by atoms with Gasteiger partial charge in [0.05, 0.1) is 6.61 Å². The molecular weight excluding hydrogens is 318 g/mol. The van der Waals surface area contributed by atoms with Crippen LogP contribution in [-0.4, -0.2) is 28.0 Å². The second-order valence-electron chi connectivity index (χ2n) is 5.02. The molecule has 1 atom stereocenters. The lowest BCUT2D eigenvalue weighted by molar-refractivity contribution is -0.137. The molecule has 5 nitrogen and oxygen atoms in total. The number of hydrogen-bond acceptors (Lipinski definition) is 7. The van der Waals surface area contributed by atoms with Crippen molar-refractivity contribution in [2.45, 2.75) is 36.3 Å². The number of aryl methyl sites for hydroxylation is 2. The molecule has 2 aromatic rings. The first-order valence-electron chi connectivity index (χ1n) is 7.19. The van der Waals surface area contributed by atoms with E-state index < -0.39 is 0 Å². The molecule has 1 unspecified atom stereocenters. The van der Waals surface area contributed by atoms with Crippen molar-refractivity contribution in [3.8, 4) is 0 Å². The smallest absolute Gasteiger partial charge is 0.319 e. The Bertz CT molecular complexity index is 687. The van der Waals surface area contributed by atoms with Crippen molar-refractivity contribution in [1.82, 2.24) is 10.2 Å². The largest absolute Gasteiger partial charge is 0.465 e. The standard InChI is InChI=1S/C15H17N3O2S2/c1-3-10-6-4-5-9(2)12(10)16-14-17-18-15(22-14)21-11-7-8-20-13(11)19/h4-6,11H,3,7-8H2,1-2H3,(H,16,17). The number of benzene rings is 1. The molecule has 0 radical (unpaired) electrons. The topological polar surface area (TPSA) is 64.1 Å². The zero-order valence-corrected chi connectivity index (χ0v) is 14.1. The third kappa shape index (κ3) is 3.25. The van der Waals surface area contributed by atoms with Gasteiger partial charge in [-0.1, -0.05) is 48.2 Å². The molecule has 22 heavy (non-hydrogen) atoms. The highest BCUT2D eigenvalue weighted by Crippen LogP contribution is 2.34. The molecule has 1 N–H and O–H groups in total. The number of carbonyl (C=O) groups is 1. The van der Waals surface area contributed by atoms with Crippen molar-refractivity contribution in [1.29, 1.82) is 0 Å². The van der Waals surface area contributed by atoms with Gasteiger partial charge < -0.3 is 10.1 Å². The molecule has 3 rings (SSSR count). The van der Waals surface area contributed by atoms with E-state index in [1.807, 2.05) is 0 Å². The third-order valence-electron chi connectivity index (χ3n) is 3.51. The fraction of sp³-hybridized carbons (Fsp3) is 0.400. The number of hydrogen-bond donors (Lipinski definition) is 1. The Morgan fingerprint density at radius 2 is 2.32 bits per heavy atom. The number of para-hydroxylation sites is 1. The SMILES string of the molecule is CCc1cccc(C)c1Nc1nnc(SC2CCOC2=O)s1. The minimum atomic E-state index is -0.151. The van der Waals surface area contributed by atoms with Crippen molar-refractivity contribution < 1.29 is 9.53 Å². The fourth-order valence-corrected chi connectivity index (χ4v) is 4.29. The van der Waals surface area contributed by atoms with Gasteiger partial charge in [0.1, 0.15) is 5.25 Å². The van der Waals surface area contributed by atoms with Gasteiger partial charge in [-0.05, 0) is 24.5 Å².